The lowest BCUT2D eigenvalue weighted by atomic mass is 10.0. The molecule has 0 spiro atoms. The largest absolute Gasteiger partial charge is 0.490 e. The molecule has 0 saturated heterocycles. The molecule has 10 heteroatoms. The molecule has 4 aromatic rings. The Hall–Kier alpha value is -4.31. The van der Waals surface area contributed by atoms with Crippen molar-refractivity contribution in [1.29, 1.82) is 0 Å². The van der Waals surface area contributed by atoms with E-state index in [-0.39, 0.29) is 28.7 Å². The molecule has 1 saturated carbocycles. The molecule has 1 atom stereocenters. The summed E-state index contributed by atoms with van der Waals surface area (Å²) in [4.78, 5) is 20.2. The number of carbonyl (C=O) groups excluding carboxylic acids is 1. The number of ether oxygens (including phenoxy) is 2. The highest BCUT2D eigenvalue weighted by Crippen LogP contribution is 2.36. The predicted molar refractivity (Wildman–Crippen MR) is 169 cm³/mol. The number of amides is 1. The number of nitrogens with one attached hydrogen (secondary N) is 1. The molecule has 226 valence electrons. The lowest BCUT2D eigenvalue weighted by Gasteiger charge is -2.27. The Balaban J connectivity index is 1.51. The summed E-state index contributed by atoms with van der Waals surface area (Å²) in [5, 5.41) is 4.76. The third kappa shape index (κ3) is 6.69. The first-order valence-electron chi connectivity index (χ1n) is 14.5. The van der Waals surface area contributed by atoms with Gasteiger partial charge in [-0.25, -0.2) is 13.4 Å². The summed E-state index contributed by atoms with van der Waals surface area (Å²) >= 11 is 0. The van der Waals surface area contributed by atoms with Crippen LogP contribution in [0.5, 0.6) is 11.5 Å². The number of sulfone groups is 1. The molecule has 0 bridgehead atoms. The topological polar surface area (TPSA) is 124 Å². The lowest BCUT2D eigenvalue weighted by Crippen LogP contribution is -2.35. The number of pyridine rings is 1. The third-order valence-corrected chi connectivity index (χ3v) is 9.70. The van der Waals surface area contributed by atoms with Gasteiger partial charge in [-0.15, -0.1) is 0 Å². The number of likely N-dealkylation sites (N-methyl/N-ethyl adjacent to an activating group) is 1. The van der Waals surface area contributed by atoms with Crippen molar-refractivity contribution < 1.29 is 22.7 Å². The highest BCUT2D eigenvalue weighted by molar-refractivity contribution is 7.92. The zero-order valence-electron chi connectivity index (χ0n) is 24.9. The van der Waals surface area contributed by atoms with Crippen molar-refractivity contribution in [3.05, 3.63) is 84.1 Å². The number of hydrogen-bond donors (Lipinski definition) is 2. The molecule has 3 aromatic carbocycles. The van der Waals surface area contributed by atoms with E-state index in [1.807, 2.05) is 63.2 Å². The van der Waals surface area contributed by atoms with Gasteiger partial charge in [-0.2, -0.15) is 0 Å². The van der Waals surface area contributed by atoms with Crippen LogP contribution in [0.15, 0.2) is 77.8 Å². The highest BCUT2D eigenvalue weighted by Gasteiger charge is 2.38. The normalized spacial score (nSPS) is 14.0. The Morgan fingerprint density at radius 1 is 1.07 bits per heavy atom. The van der Waals surface area contributed by atoms with Gasteiger partial charge < -0.3 is 25.4 Å². The zero-order valence-corrected chi connectivity index (χ0v) is 25.7. The number of benzene rings is 3. The molecular formula is C33H38N4O5S. The molecule has 5 rings (SSSR count). The molecule has 1 aliphatic rings. The average molecular weight is 603 g/mol. The van der Waals surface area contributed by atoms with Gasteiger partial charge in [-0.1, -0.05) is 24.3 Å². The van der Waals surface area contributed by atoms with Gasteiger partial charge in [0.15, 0.2) is 21.3 Å². The summed E-state index contributed by atoms with van der Waals surface area (Å²) in [6.07, 6.45) is 2.93. The number of anilines is 2. The third-order valence-electron chi connectivity index (χ3n) is 7.34. The SMILES string of the molecule is CCOc1cc([C@H](Nc2ccc3c(N)nccc3c2)C(=O)N(C)Cc2ccccc2S(=O)(=O)C2CC2)ccc1OC(C)C. The van der Waals surface area contributed by atoms with Crippen LogP contribution >= 0.6 is 0 Å². The minimum Gasteiger partial charge on any atom is -0.490 e. The Morgan fingerprint density at radius 3 is 2.56 bits per heavy atom. The maximum absolute atomic E-state index is 14.2. The number of nitrogens with two attached hydrogens (primary N) is 1. The molecule has 1 aliphatic carbocycles. The summed E-state index contributed by atoms with van der Waals surface area (Å²) in [6.45, 7) is 6.33. The van der Waals surface area contributed by atoms with Crippen LogP contribution in [0.1, 0.15) is 50.8 Å². The zero-order chi connectivity index (χ0) is 30.7. The van der Waals surface area contributed by atoms with Crippen molar-refractivity contribution in [1.82, 2.24) is 9.88 Å². The van der Waals surface area contributed by atoms with Crippen LogP contribution in [0, 0.1) is 0 Å². The second kappa shape index (κ2) is 12.5. The second-order valence-corrected chi connectivity index (χ2v) is 13.3. The average Bonchev–Trinajstić information content (AvgIpc) is 3.83. The van der Waals surface area contributed by atoms with E-state index in [9.17, 15) is 13.2 Å². The smallest absolute Gasteiger partial charge is 0.249 e. The van der Waals surface area contributed by atoms with E-state index in [1.54, 1.807) is 42.4 Å². The number of nitrogen functional groups attached to an aromatic ring is 1. The van der Waals surface area contributed by atoms with E-state index in [0.717, 1.165) is 10.8 Å². The van der Waals surface area contributed by atoms with Gasteiger partial charge in [-0.05, 0) is 92.6 Å². The standard InChI is InChI=1S/C33H38N4O5S/c1-5-41-29-19-23(10-15-28(29)42-21(2)3)31(36-25-11-14-27-22(18-25)16-17-35-32(27)34)33(38)37(4)20-24-8-6-7-9-30(24)43(39,40)26-12-13-26/h6-11,14-19,21,26,31,36H,5,12-13,20H2,1-4H3,(H2,34,35)/t31-/m0/s1. The minimum absolute atomic E-state index is 0.0572. The molecule has 1 fully saturated rings. The van der Waals surface area contributed by atoms with E-state index in [2.05, 4.69) is 10.3 Å². The summed E-state index contributed by atoms with van der Waals surface area (Å²) in [6, 6.07) is 19.1. The van der Waals surface area contributed by atoms with Gasteiger partial charge in [-0.3, -0.25) is 4.79 Å². The van der Waals surface area contributed by atoms with Gasteiger partial charge in [0.2, 0.25) is 5.91 Å². The first kappa shape index (κ1) is 30.2. The second-order valence-electron chi connectivity index (χ2n) is 11.1. The molecule has 43 heavy (non-hydrogen) atoms. The first-order valence-corrected chi connectivity index (χ1v) is 16.0. The summed E-state index contributed by atoms with van der Waals surface area (Å²) in [7, 11) is -1.75. The van der Waals surface area contributed by atoms with Crippen LogP contribution in [0.3, 0.4) is 0 Å². The van der Waals surface area contributed by atoms with E-state index in [0.29, 0.717) is 53.6 Å². The minimum atomic E-state index is -3.44. The van der Waals surface area contributed by atoms with Gasteiger partial charge in [0.05, 0.1) is 22.9 Å². The molecule has 1 aromatic heterocycles. The Labute approximate surface area is 252 Å². The maximum atomic E-state index is 14.2. The van der Waals surface area contributed by atoms with E-state index >= 15 is 0 Å². The number of aromatic nitrogens is 1. The van der Waals surface area contributed by atoms with Gasteiger partial charge in [0.1, 0.15) is 11.9 Å². The Bertz CT molecular complexity index is 1740. The molecular weight excluding hydrogens is 564 g/mol. The van der Waals surface area contributed by atoms with Crippen molar-refractivity contribution in [2.75, 3.05) is 24.7 Å². The first-order chi connectivity index (χ1) is 20.6. The summed E-state index contributed by atoms with van der Waals surface area (Å²) in [5.74, 6) is 1.31. The van der Waals surface area contributed by atoms with Crippen LogP contribution in [0.4, 0.5) is 11.5 Å². The summed E-state index contributed by atoms with van der Waals surface area (Å²) < 4.78 is 38.1. The van der Waals surface area contributed by atoms with Crippen LogP contribution < -0.4 is 20.5 Å². The van der Waals surface area contributed by atoms with Crippen molar-refractivity contribution in [2.24, 2.45) is 0 Å². The van der Waals surface area contributed by atoms with E-state index in [4.69, 9.17) is 15.2 Å². The molecule has 1 heterocycles. The maximum Gasteiger partial charge on any atom is 0.249 e. The van der Waals surface area contributed by atoms with Crippen molar-refractivity contribution in [3.8, 4) is 11.5 Å². The van der Waals surface area contributed by atoms with Crippen LogP contribution in [0.2, 0.25) is 0 Å². The van der Waals surface area contributed by atoms with Crippen molar-refractivity contribution >= 4 is 38.0 Å². The van der Waals surface area contributed by atoms with Crippen molar-refractivity contribution in [3.63, 3.8) is 0 Å². The van der Waals surface area contributed by atoms with E-state index in [1.165, 1.54) is 0 Å². The van der Waals surface area contributed by atoms with Gasteiger partial charge in [0, 0.05) is 30.9 Å². The molecule has 0 aliphatic heterocycles. The van der Waals surface area contributed by atoms with E-state index < -0.39 is 15.9 Å². The number of nitrogens with zero attached hydrogens (tertiary/aromatic N) is 2. The Kier molecular flexibility index (Phi) is 8.77. The fourth-order valence-corrected chi connectivity index (χ4v) is 6.98. The van der Waals surface area contributed by atoms with Gasteiger partial charge in [0.25, 0.3) is 0 Å². The highest BCUT2D eigenvalue weighted by atomic mass is 32.2. The molecule has 9 nitrogen and oxygen atoms in total. The van der Waals surface area contributed by atoms with Crippen LogP contribution in [0.25, 0.3) is 10.8 Å². The van der Waals surface area contributed by atoms with Crippen LogP contribution in [-0.2, 0) is 21.2 Å². The number of rotatable bonds is 12. The van der Waals surface area contributed by atoms with Crippen molar-refractivity contribution in [2.45, 2.75) is 62.4 Å². The molecule has 1 amide bonds. The fourth-order valence-electron chi connectivity index (χ4n) is 5.09. The monoisotopic (exact) mass is 602 g/mol. The molecule has 3 N–H and O–H groups in total. The predicted octanol–water partition coefficient (Wildman–Crippen LogP) is 5.75. The fraction of sp³-hybridized carbons (Fsp3) is 0.333. The summed E-state index contributed by atoms with van der Waals surface area (Å²) in [5.41, 5.74) is 8.03. The van der Waals surface area contributed by atoms with Crippen LogP contribution in [-0.4, -0.2) is 49.2 Å². The quantitative estimate of drug-likeness (QED) is 0.210. The van der Waals surface area contributed by atoms with Gasteiger partial charge >= 0.3 is 0 Å². The lowest BCUT2D eigenvalue weighted by molar-refractivity contribution is -0.131. The number of hydrogen-bond acceptors (Lipinski definition) is 8. The number of fused-ring (bicyclic) bond motifs is 1. The number of carbonyl (C=O) groups is 1. The molecule has 0 unspecified atom stereocenters. The Morgan fingerprint density at radius 2 is 1.84 bits per heavy atom. The molecule has 0 radical (unpaired) electrons.